The Morgan fingerprint density at radius 1 is 1.07 bits per heavy atom. The Balaban J connectivity index is 1.35. The van der Waals surface area contributed by atoms with Gasteiger partial charge in [-0.2, -0.15) is 0 Å². The molecule has 0 unspecified atom stereocenters. The van der Waals surface area contributed by atoms with Gasteiger partial charge in [-0.1, -0.05) is 23.8 Å². The van der Waals surface area contributed by atoms with Crippen LogP contribution >= 0.6 is 0 Å². The Bertz CT molecular complexity index is 1170. The molecule has 0 saturated heterocycles. The number of aryl methyl sites for hydroxylation is 2. The molecule has 0 spiro atoms. The molecule has 0 saturated carbocycles. The Morgan fingerprint density at radius 3 is 2.80 bits per heavy atom. The molecule has 1 amide bonds. The van der Waals surface area contributed by atoms with Crippen LogP contribution in [-0.4, -0.2) is 33.5 Å². The van der Waals surface area contributed by atoms with Crippen molar-refractivity contribution >= 4 is 22.5 Å². The summed E-state index contributed by atoms with van der Waals surface area (Å²) in [5, 5.41) is 7.53. The summed E-state index contributed by atoms with van der Waals surface area (Å²) in [5.74, 6) is -0.0732. The van der Waals surface area contributed by atoms with Crippen LogP contribution in [-0.2, 0) is 6.54 Å². The molecule has 2 heterocycles. The van der Waals surface area contributed by atoms with Gasteiger partial charge in [-0.3, -0.25) is 9.78 Å². The van der Waals surface area contributed by atoms with Crippen molar-refractivity contribution < 1.29 is 4.79 Å². The molecule has 0 bridgehead atoms. The van der Waals surface area contributed by atoms with Crippen LogP contribution in [0.5, 0.6) is 0 Å². The molecule has 2 aromatic heterocycles. The number of pyridine rings is 1. The van der Waals surface area contributed by atoms with E-state index in [0.29, 0.717) is 25.2 Å². The molecule has 6 heteroatoms. The van der Waals surface area contributed by atoms with Gasteiger partial charge in [0.1, 0.15) is 0 Å². The van der Waals surface area contributed by atoms with Crippen LogP contribution in [0.1, 0.15) is 27.2 Å². The van der Waals surface area contributed by atoms with E-state index in [4.69, 9.17) is 0 Å². The van der Waals surface area contributed by atoms with Crippen molar-refractivity contribution in [3.05, 3.63) is 89.6 Å². The van der Waals surface area contributed by atoms with E-state index in [2.05, 4.69) is 39.7 Å². The SMILES string of the molecule is Cc1ccc2nc(C)cc(NCCNC(=O)c3cccc(Cn4ccnc4)c3)c2c1. The first-order chi connectivity index (χ1) is 14.6. The smallest absolute Gasteiger partial charge is 0.251 e. The molecule has 4 rings (SSSR count). The molecule has 0 radical (unpaired) electrons. The van der Waals surface area contributed by atoms with E-state index in [1.807, 2.05) is 54.1 Å². The van der Waals surface area contributed by atoms with Crippen LogP contribution < -0.4 is 10.6 Å². The van der Waals surface area contributed by atoms with Crippen molar-refractivity contribution in [3.8, 4) is 0 Å². The van der Waals surface area contributed by atoms with Gasteiger partial charge in [0, 0.05) is 54.4 Å². The lowest BCUT2D eigenvalue weighted by atomic mass is 10.1. The minimum atomic E-state index is -0.0732. The molecular weight excluding hydrogens is 374 g/mol. The van der Waals surface area contributed by atoms with Crippen LogP contribution in [0.25, 0.3) is 10.9 Å². The largest absolute Gasteiger partial charge is 0.383 e. The van der Waals surface area contributed by atoms with E-state index < -0.39 is 0 Å². The zero-order valence-electron chi connectivity index (χ0n) is 17.2. The standard InChI is InChI=1S/C24H25N5O/c1-17-6-7-22-21(12-17)23(13-18(2)28-22)26-8-9-27-24(30)20-5-3-4-19(14-20)15-29-11-10-25-16-29/h3-7,10-14,16H,8-9,15H2,1-2H3,(H,26,28)(H,27,30). The molecule has 0 aliphatic carbocycles. The number of amides is 1. The summed E-state index contributed by atoms with van der Waals surface area (Å²) in [6.45, 7) is 5.91. The molecule has 0 aliphatic heterocycles. The number of benzene rings is 2. The molecule has 2 aromatic carbocycles. The minimum absolute atomic E-state index is 0.0732. The fraction of sp³-hybridized carbons (Fsp3) is 0.208. The predicted octanol–water partition coefficient (Wildman–Crippen LogP) is 3.94. The summed E-state index contributed by atoms with van der Waals surface area (Å²) < 4.78 is 1.98. The highest BCUT2D eigenvalue weighted by Gasteiger charge is 2.07. The van der Waals surface area contributed by atoms with Gasteiger partial charge in [0.2, 0.25) is 0 Å². The van der Waals surface area contributed by atoms with Gasteiger partial charge in [0.05, 0.1) is 11.8 Å². The molecule has 0 fully saturated rings. The van der Waals surface area contributed by atoms with Gasteiger partial charge >= 0.3 is 0 Å². The number of carbonyl (C=O) groups is 1. The summed E-state index contributed by atoms with van der Waals surface area (Å²) >= 11 is 0. The summed E-state index contributed by atoms with van der Waals surface area (Å²) in [4.78, 5) is 21.2. The van der Waals surface area contributed by atoms with Crippen molar-refractivity contribution in [3.63, 3.8) is 0 Å². The molecule has 152 valence electrons. The Hall–Kier alpha value is -3.67. The molecule has 30 heavy (non-hydrogen) atoms. The van der Waals surface area contributed by atoms with E-state index >= 15 is 0 Å². The average Bonchev–Trinajstić information content (AvgIpc) is 3.24. The van der Waals surface area contributed by atoms with E-state index in [1.54, 1.807) is 12.5 Å². The highest BCUT2D eigenvalue weighted by atomic mass is 16.1. The lowest BCUT2D eigenvalue weighted by molar-refractivity contribution is 0.0955. The Labute approximate surface area is 176 Å². The quantitative estimate of drug-likeness (QED) is 0.462. The molecule has 0 aliphatic rings. The zero-order valence-corrected chi connectivity index (χ0v) is 17.2. The van der Waals surface area contributed by atoms with E-state index in [-0.39, 0.29) is 5.91 Å². The maximum absolute atomic E-state index is 12.6. The number of aromatic nitrogens is 3. The second kappa shape index (κ2) is 8.78. The van der Waals surface area contributed by atoms with E-state index in [0.717, 1.165) is 27.8 Å². The first-order valence-corrected chi connectivity index (χ1v) is 10.0. The van der Waals surface area contributed by atoms with Gasteiger partial charge in [0.15, 0.2) is 0 Å². The third-order valence-corrected chi connectivity index (χ3v) is 4.93. The molecule has 4 aromatic rings. The third kappa shape index (κ3) is 4.66. The number of hydrogen-bond acceptors (Lipinski definition) is 4. The summed E-state index contributed by atoms with van der Waals surface area (Å²) in [5.41, 5.74) is 5.90. The number of carbonyl (C=O) groups excluding carboxylic acids is 1. The molecule has 6 nitrogen and oxygen atoms in total. The van der Waals surface area contributed by atoms with Crippen LogP contribution in [0.4, 0.5) is 5.69 Å². The van der Waals surface area contributed by atoms with Gasteiger partial charge in [-0.25, -0.2) is 4.98 Å². The average molecular weight is 399 g/mol. The predicted molar refractivity (Wildman–Crippen MR) is 120 cm³/mol. The van der Waals surface area contributed by atoms with Crippen molar-refractivity contribution in [2.75, 3.05) is 18.4 Å². The number of hydrogen-bond donors (Lipinski definition) is 2. The minimum Gasteiger partial charge on any atom is -0.383 e. The van der Waals surface area contributed by atoms with Crippen LogP contribution in [0, 0.1) is 13.8 Å². The van der Waals surface area contributed by atoms with Crippen molar-refractivity contribution in [1.29, 1.82) is 0 Å². The second-order valence-corrected chi connectivity index (χ2v) is 7.45. The molecule has 0 atom stereocenters. The number of imidazole rings is 1. The number of rotatable bonds is 7. The van der Waals surface area contributed by atoms with Gasteiger partial charge in [-0.15, -0.1) is 0 Å². The molecular formula is C24H25N5O. The van der Waals surface area contributed by atoms with Gasteiger partial charge < -0.3 is 15.2 Å². The maximum Gasteiger partial charge on any atom is 0.251 e. The Kier molecular flexibility index (Phi) is 5.75. The molecule has 2 N–H and O–H groups in total. The third-order valence-electron chi connectivity index (χ3n) is 4.93. The van der Waals surface area contributed by atoms with Crippen molar-refractivity contribution in [2.45, 2.75) is 20.4 Å². The number of fused-ring (bicyclic) bond motifs is 1. The number of nitrogens with zero attached hydrogens (tertiary/aromatic N) is 3. The second-order valence-electron chi connectivity index (χ2n) is 7.45. The number of anilines is 1. The lowest BCUT2D eigenvalue weighted by Gasteiger charge is -2.12. The first-order valence-electron chi connectivity index (χ1n) is 10.0. The fourth-order valence-electron chi connectivity index (χ4n) is 3.50. The summed E-state index contributed by atoms with van der Waals surface area (Å²) in [7, 11) is 0. The topological polar surface area (TPSA) is 71.8 Å². The summed E-state index contributed by atoms with van der Waals surface area (Å²) in [6, 6.07) is 16.0. The zero-order chi connectivity index (χ0) is 20.9. The monoisotopic (exact) mass is 399 g/mol. The highest BCUT2D eigenvalue weighted by molar-refractivity contribution is 5.94. The van der Waals surface area contributed by atoms with Crippen LogP contribution in [0.3, 0.4) is 0 Å². The maximum atomic E-state index is 12.6. The lowest BCUT2D eigenvalue weighted by Crippen LogP contribution is -2.28. The van der Waals surface area contributed by atoms with E-state index in [1.165, 1.54) is 5.56 Å². The normalized spacial score (nSPS) is 10.9. The van der Waals surface area contributed by atoms with Gasteiger partial charge in [-0.05, 0) is 49.7 Å². The highest BCUT2D eigenvalue weighted by Crippen LogP contribution is 2.24. The summed E-state index contributed by atoms with van der Waals surface area (Å²) in [6.07, 6.45) is 5.42. The van der Waals surface area contributed by atoms with Crippen molar-refractivity contribution in [2.24, 2.45) is 0 Å². The van der Waals surface area contributed by atoms with Crippen LogP contribution in [0.2, 0.25) is 0 Å². The van der Waals surface area contributed by atoms with Gasteiger partial charge in [0.25, 0.3) is 5.91 Å². The van der Waals surface area contributed by atoms with E-state index in [9.17, 15) is 4.79 Å². The Morgan fingerprint density at radius 2 is 1.97 bits per heavy atom. The number of nitrogens with one attached hydrogen (secondary N) is 2. The first kappa shape index (κ1) is 19.6. The van der Waals surface area contributed by atoms with Crippen molar-refractivity contribution in [1.82, 2.24) is 19.9 Å². The van der Waals surface area contributed by atoms with Crippen LogP contribution in [0.15, 0.2) is 67.3 Å². The fourth-order valence-corrected chi connectivity index (χ4v) is 3.50.